The zero-order chi connectivity index (χ0) is 25.1. The summed E-state index contributed by atoms with van der Waals surface area (Å²) < 4.78 is 2.05. The lowest BCUT2D eigenvalue weighted by atomic mass is 10.1. The van der Waals surface area contributed by atoms with E-state index in [2.05, 4.69) is 45.3 Å². The van der Waals surface area contributed by atoms with E-state index in [9.17, 15) is 9.59 Å². The molecule has 1 aliphatic rings. The molecule has 2 aromatic carbocycles. The minimum absolute atomic E-state index is 0.0590. The standard InChI is InChI=1S/C29H38N4O2/c1-6-22-11-7-9-13-25(22)32-18-23(15-27(32)34)29-30-24-12-8-10-14-26(24)33(29)19-28(35)31(16-20(2)3)17-21(4)5/h7-14,20-21,23H,6,15-19H2,1-5H3. The highest BCUT2D eigenvalue weighted by Gasteiger charge is 2.36. The van der Waals surface area contributed by atoms with Crippen molar-refractivity contribution in [3.8, 4) is 0 Å². The van der Waals surface area contributed by atoms with Crippen LogP contribution in [0.1, 0.15) is 58.3 Å². The number of hydrogen-bond acceptors (Lipinski definition) is 3. The maximum absolute atomic E-state index is 13.5. The van der Waals surface area contributed by atoms with E-state index in [1.54, 1.807) is 0 Å². The van der Waals surface area contributed by atoms with Gasteiger partial charge in [0.25, 0.3) is 0 Å². The van der Waals surface area contributed by atoms with E-state index in [-0.39, 0.29) is 24.3 Å². The van der Waals surface area contributed by atoms with Gasteiger partial charge in [-0.1, -0.05) is 65.0 Å². The van der Waals surface area contributed by atoms with E-state index in [1.807, 2.05) is 52.3 Å². The van der Waals surface area contributed by atoms with Gasteiger partial charge in [-0.2, -0.15) is 0 Å². The van der Waals surface area contributed by atoms with Crippen molar-refractivity contribution in [1.29, 1.82) is 0 Å². The van der Waals surface area contributed by atoms with E-state index < -0.39 is 0 Å². The number of benzene rings is 2. The van der Waals surface area contributed by atoms with E-state index in [0.717, 1.165) is 42.1 Å². The summed E-state index contributed by atoms with van der Waals surface area (Å²) in [7, 11) is 0. The highest BCUT2D eigenvalue weighted by Crippen LogP contribution is 2.34. The summed E-state index contributed by atoms with van der Waals surface area (Å²) in [6.45, 7) is 13.0. The van der Waals surface area contributed by atoms with Gasteiger partial charge in [-0.25, -0.2) is 4.98 Å². The summed E-state index contributed by atoms with van der Waals surface area (Å²) in [5.41, 5.74) is 3.98. The van der Waals surface area contributed by atoms with E-state index in [0.29, 0.717) is 24.8 Å². The van der Waals surface area contributed by atoms with Crippen molar-refractivity contribution in [2.24, 2.45) is 11.8 Å². The molecule has 0 bridgehead atoms. The highest BCUT2D eigenvalue weighted by molar-refractivity contribution is 5.97. The summed E-state index contributed by atoms with van der Waals surface area (Å²) >= 11 is 0. The van der Waals surface area contributed by atoms with Gasteiger partial charge < -0.3 is 14.4 Å². The summed E-state index contributed by atoms with van der Waals surface area (Å²) in [5.74, 6) is 1.79. The smallest absolute Gasteiger partial charge is 0.242 e. The number of hydrogen-bond donors (Lipinski definition) is 0. The van der Waals surface area contributed by atoms with Gasteiger partial charge in [0.15, 0.2) is 0 Å². The number of anilines is 1. The fraction of sp³-hybridized carbons (Fsp3) is 0.483. The lowest BCUT2D eigenvalue weighted by Gasteiger charge is -2.27. The van der Waals surface area contributed by atoms with Crippen LogP contribution >= 0.6 is 0 Å². The third kappa shape index (κ3) is 5.42. The van der Waals surface area contributed by atoms with Crippen molar-refractivity contribution in [1.82, 2.24) is 14.5 Å². The topological polar surface area (TPSA) is 58.4 Å². The van der Waals surface area contributed by atoms with E-state index in [4.69, 9.17) is 4.98 Å². The van der Waals surface area contributed by atoms with Crippen LogP contribution in [-0.2, 0) is 22.6 Å². The first-order chi connectivity index (χ1) is 16.8. The number of rotatable bonds is 9. The zero-order valence-corrected chi connectivity index (χ0v) is 21.7. The second kappa shape index (κ2) is 10.6. The molecule has 186 valence electrons. The Morgan fingerprint density at radius 1 is 1.03 bits per heavy atom. The lowest BCUT2D eigenvalue weighted by molar-refractivity contribution is -0.132. The number of carbonyl (C=O) groups excluding carboxylic acids is 2. The van der Waals surface area contributed by atoms with Gasteiger partial charge in [0.1, 0.15) is 12.4 Å². The Morgan fingerprint density at radius 3 is 2.37 bits per heavy atom. The molecule has 4 rings (SSSR count). The van der Waals surface area contributed by atoms with Gasteiger partial charge in [0, 0.05) is 37.7 Å². The second-order valence-electron chi connectivity index (χ2n) is 10.5. The second-order valence-corrected chi connectivity index (χ2v) is 10.5. The third-order valence-electron chi connectivity index (χ3n) is 6.65. The molecule has 1 atom stereocenters. The van der Waals surface area contributed by atoms with Crippen LogP contribution in [-0.4, -0.2) is 45.9 Å². The first kappa shape index (κ1) is 25.0. The quantitative estimate of drug-likeness (QED) is 0.425. The molecular weight excluding hydrogens is 436 g/mol. The molecule has 2 heterocycles. The predicted molar refractivity (Wildman–Crippen MR) is 142 cm³/mol. The van der Waals surface area contributed by atoms with Crippen LogP contribution in [0.4, 0.5) is 5.69 Å². The predicted octanol–water partition coefficient (Wildman–Crippen LogP) is 5.26. The molecule has 1 fully saturated rings. The minimum atomic E-state index is -0.0590. The molecule has 1 aromatic heterocycles. The Balaban J connectivity index is 1.66. The first-order valence-electron chi connectivity index (χ1n) is 12.9. The molecule has 3 aromatic rings. The van der Waals surface area contributed by atoms with Crippen LogP contribution < -0.4 is 4.90 Å². The number of imidazole rings is 1. The van der Waals surface area contributed by atoms with Crippen LogP contribution in [0.15, 0.2) is 48.5 Å². The fourth-order valence-electron chi connectivity index (χ4n) is 5.15. The van der Waals surface area contributed by atoms with Gasteiger partial charge >= 0.3 is 0 Å². The maximum Gasteiger partial charge on any atom is 0.242 e. The van der Waals surface area contributed by atoms with Crippen LogP contribution in [0.2, 0.25) is 0 Å². The number of nitrogens with zero attached hydrogens (tertiary/aromatic N) is 4. The van der Waals surface area contributed by atoms with Crippen LogP contribution in [0, 0.1) is 11.8 Å². The van der Waals surface area contributed by atoms with Crippen molar-refractivity contribution in [3.63, 3.8) is 0 Å². The Hall–Kier alpha value is -3.15. The van der Waals surface area contributed by atoms with Crippen molar-refractivity contribution < 1.29 is 9.59 Å². The summed E-state index contributed by atoms with van der Waals surface area (Å²) in [6.07, 6.45) is 1.27. The molecule has 1 saturated heterocycles. The van der Waals surface area contributed by atoms with Crippen molar-refractivity contribution in [2.45, 2.75) is 59.9 Å². The molecule has 0 aliphatic carbocycles. The number of aromatic nitrogens is 2. The number of fused-ring (bicyclic) bond motifs is 1. The molecule has 1 aliphatic heterocycles. The van der Waals surface area contributed by atoms with Gasteiger partial charge in [0.05, 0.1) is 11.0 Å². The number of carbonyl (C=O) groups is 2. The van der Waals surface area contributed by atoms with Crippen LogP contribution in [0.3, 0.4) is 0 Å². The first-order valence-corrected chi connectivity index (χ1v) is 12.9. The maximum atomic E-state index is 13.5. The molecule has 0 radical (unpaired) electrons. The van der Waals surface area contributed by atoms with E-state index in [1.165, 1.54) is 5.56 Å². The molecule has 6 heteroatoms. The normalized spacial score (nSPS) is 16.1. The van der Waals surface area contributed by atoms with E-state index >= 15 is 0 Å². The lowest BCUT2D eigenvalue weighted by Crippen LogP contribution is -2.39. The monoisotopic (exact) mass is 474 g/mol. The Morgan fingerprint density at radius 2 is 1.69 bits per heavy atom. The van der Waals surface area contributed by atoms with Gasteiger partial charge in [-0.3, -0.25) is 9.59 Å². The Bertz CT molecular complexity index is 1190. The zero-order valence-electron chi connectivity index (χ0n) is 21.7. The molecule has 1 unspecified atom stereocenters. The number of amides is 2. The average Bonchev–Trinajstić information content (AvgIpc) is 3.38. The number of aryl methyl sites for hydroxylation is 1. The third-order valence-corrected chi connectivity index (χ3v) is 6.65. The van der Waals surface area contributed by atoms with Gasteiger partial charge in [-0.15, -0.1) is 0 Å². The van der Waals surface area contributed by atoms with Crippen LogP contribution in [0.5, 0.6) is 0 Å². The van der Waals surface area contributed by atoms with Crippen LogP contribution in [0.25, 0.3) is 11.0 Å². The molecular formula is C29H38N4O2. The summed E-state index contributed by atoms with van der Waals surface area (Å²) in [6, 6.07) is 16.1. The Labute approximate surface area is 208 Å². The van der Waals surface area contributed by atoms with Gasteiger partial charge in [-0.05, 0) is 42.0 Å². The average molecular weight is 475 g/mol. The van der Waals surface area contributed by atoms with Gasteiger partial charge in [0.2, 0.25) is 11.8 Å². The molecule has 6 nitrogen and oxygen atoms in total. The molecule has 0 saturated carbocycles. The van der Waals surface area contributed by atoms with Crippen molar-refractivity contribution in [3.05, 3.63) is 59.9 Å². The SMILES string of the molecule is CCc1ccccc1N1CC(c2nc3ccccc3n2CC(=O)N(CC(C)C)CC(C)C)CC1=O. The highest BCUT2D eigenvalue weighted by atomic mass is 16.2. The molecule has 35 heavy (non-hydrogen) atoms. The largest absolute Gasteiger partial charge is 0.341 e. The molecule has 2 amide bonds. The minimum Gasteiger partial charge on any atom is -0.341 e. The molecule has 0 spiro atoms. The Kier molecular flexibility index (Phi) is 7.58. The summed E-state index contributed by atoms with van der Waals surface area (Å²) in [4.78, 5) is 35.5. The van der Waals surface area contributed by atoms with Crippen molar-refractivity contribution in [2.75, 3.05) is 24.5 Å². The summed E-state index contributed by atoms with van der Waals surface area (Å²) in [5, 5.41) is 0. The van der Waals surface area contributed by atoms with Crippen molar-refractivity contribution >= 4 is 28.5 Å². The number of para-hydroxylation sites is 3. The molecule has 0 N–H and O–H groups in total. The fourth-order valence-corrected chi connectivity index (χ4v) is 5.15.